The van der Waals surface area contributed by atoms with Crippen molar-refractivity contribution in [2.75, 3.05) is 0 Å². The van der Waals surface area contributed by atoms with Crippen molar-refractivity contribution >= 4 is 27.7 Å². The number of rotatable bonds is 3. The lowest BCUT2D eigenvalue weighted by Crippen LogP contribution is -2.53. The molecule has 4 N–H and O–H groups in total. The smallest absolute Gasteiger partial charge is 0.256 e. The average molecular weight is 318 g/mol. The third-order valence-electron chi connectivity index (χ3n) is 2.36. The van der Waals surface area contributed by atoms with Gasteiger partial charge in [-0.3, -0.25) is 4.79 Å². The Balaban J connectivity index is 3.04. The van der Waals surface area contributed by atoms with E-state index in [9.17, 15) is 9.18 Å². The highest BCUT2D eigenvalue weighted by molar-refractivity contribution is 9.10. The van der Waals surface area contributed by atoms with Gasteiger partial charge >= 0.3 is 0 Å². The fourth-order valence-corrected chi connectivity index (χ4v) is 1.77. The first-order valence-corrected chi connectivity index (χ1v) is 5.83. The predicted octanol–water partition coefficient (Wildman–Crippen LogP) is 1.84. The monoisotopic (exact) mass is 317 g/mol. The SMILES string of the molecule is CC(C)(NC(=O)c1c(F)cccc1Br)/C(N)=N/O. The zero-order chi connectivity index (χ0) is 13.9. The summed E-state index contributed by atoms with van der Waals surface area (Å²) in [7, 11) is 0. The van der Waals surface area contributed by atoms with Crippen LogP contribution in [0.15, 0.2) is 27.8 Å². The minimum Gasteiger partial charge on any atom is -0.409 e. The lowest BCUT2D eigenvalue weighted by molar-refractivity contribution is 0.0926. The summed E-state index contributed by atoms with van der Waals surface area (Å²) in [4.78, 5) is 11.9. The van der Waals surface area contributed by atoms with Gasteiger partial charge in [0.15, 0.2) is 5.84 Å². The minimum atomic E-state index is -1.09. The molecule has 0 atom stereocenters. The fourth-order valence-electron chi connectivity index (χ4n) is 1.25. The molecule has 0 unspecified atom stereocenters. The van der Waals surface area contributed by atoms with E-state index in [4.69, 9.17) is 10.9 Å². The molecular formula is C11H13BrFN3O2. The number of carbonyl (C=O) groups excluding carboxylic acids is 1. The minimum absolute atomic E-state index is 0.128. The van der Waals surface area contributed by atoms with E-state index >= 15 is 0 Å². The quantitative estimate of drug-likeness (QED) is 0.344. The van der Waals surface area contributed by atoms with Crippen molar-refractivity contribution in [3.63, 3.8) is 0 Å². The van der Waals surface area contributed by atoms with Gasteiger partial charge in [-0.1, -0.05) is 11.2 Å². The lowest BCUT2D eigenvalue weighted by Gasteiger charge is -2.24. The summed E-state index contributed by atoms with van der Waals surface area (Å²) in [6, 6.07) is 4.20. The van der Waals surface area contributed by atoms with Gasteiger partial charge in [0.25, 0.3) is 5.91 Å². The van der Waals surface area contributed by atoms with E-state index in [1.54, 1.807) is 6.07 Å². The number of carbonyl (C=O) groups is 1. The second-order valence-corrected chi connectivity index (χ2v) is 5.02. The van der Waals surface area contributed by atoms with Crippen LogP contribution in [-0.2, 0) is 0 Å². The van der Waals surface area contributed by atoms with Crippen molar-refractivity contribution in [2.24, 2.45) is 10.9 Å². The largest absolute Gasteiger partial charge is 0.409 e. The standard InChI is InChI=1S/C11H13BrFN3O2/c1-11(2,10(14)16-18)15-9(17)8-6(12)4-3-5-7(8)13/h3-5,18H,1-2H3,(H2,14,16)(H,15,17). The zero-order valence-electron chi connectivity index (χ0n) is 9.87. The summed E-state index contributed by atoms with van der Waals surface area (Å²) in [6.07, 6.45) is 0. The Morgan fingerprint density at radius 1 is 1.56 bits per heavy atom. The van der Waals surface area contributed by atoms with Crippen LogP contribution in [0.25, 0.3) is 0 Å². The molecule has 0 spiro atoms. The molecule has 1 amide bonds. The molecular weight excluding hydrogens is 305 g/mol. The molecule has 1 aromatic carbocycles. The first kappa shape index (κ1) is 14.4. The van der Waals surface area contributed by atoms with E-state index in [0.717, 1.165) is 0 Å². The molecule has 0 saturated heterocycles. The molecule has 0 aliphatic rings. The maximum Gasteiger partial charge on any atom is 0.256 e. The van der Waals surface area contributed by atoms with E-state index in [2.05, 4.69) is 26.4 Å². The molecule has 5 nitrogen and oxygen atoms in total. The predicted molar refractivity (Wildman–Crippen MR) is 69.1 cm³/mol. The number of benzene rings is 1. The number of nitrogens with one attached hydrogen (secondary N) is 1. The number of nitrogens with two attached hydrogens (primary N) is 1. The second kappa shape index (κ2) is 5.34. The van der Waals surface area contributed by atoms with Crippen molar-refractivity contribution in [3.05, 3.63) is 34.1 Å². The van der Waals surface area contributed by atoms with Crippen LogP contribution in [-0.4, -0.2) is 22.5 Å². The molecule has 0 aliphatic heterocycles. The molecule has 0 radical (unpaired) electrons. The van der Waals surface area contributed by atoms with E-state index in [1.807, 2.05) is 0 Å². The van der Waals surface area contributed by atoms with Gasteiger partial charge in [0, 0.05) is 4.47 Å². The molecule has 18 heavy (non-hydrogen) atoms. The number of amidine groups is 1. The molecule has 7 heteroatoms. The van der Waals surface area contributed by atoms with E-state index in [-0.39, 0.29) is 11.4 Å². The molecule has 0 aliphatic carbocycles. The van der Waals surface area contributed by atoms with Crippen molar-refractivity contribution < 1.29 is 14.4 Å². The molecule has 0 heterocycles. The van der Waals surface area contributed by atoms with Gasteiger partial charge in [0.2, 0.25) is 0 Å². The maximum absolute atomic E-state index is 13.6. The molecule has 0 saturated carbocycles. The number of hydrogen-bond donors (Lipinski definition) is 3. The highest BCUT2D eigenvalue weighted by Crippen LogP contribution is 2.20. The van der Waals surface area contributed by atoms with Crippen molar-refractivity contribution in [1.82, 2.24) is 5.32 Å². The third kappa shape index (κ3) is 2.98. The summed E-state index contributed by atoms with van der Waals surface area (Å²) < 4.78 is 13.9. The maximum atomic E-state index is 13.6. The first-order valence-electron chi connectivity index (χ1n) is 5.04. The molecule has 0 aromatic heterocycles. The third-order valence-corrected chi connectivity index (χ3v) is 3.02. The van der Waals surface area contributed by atoms with Gasteiger partial charge in [-0.25, -0.2) is 4.39 Å². The molecule has 1 aromatic rings. The van der Waals surface area contributed by atoms with Crippen molar-refractivity contribution in [2.45, 2.75) is 19.4 Å². The number of nitrogens with zero attached hydrogens (tertiary/aromatic N) is 1. The van der Waals surface area contributed by atoms with Gasteiger partial charge in [-0.15, -0.1) is 0 Å². The van der Waals surface area contributed by atoms with Crippen LogP contribution in [0.1, 0.15) is 24.2 Å². The molecule has 98 valence electrons. The topological polar surface area (TPSA) is 87.7 Å². The van der Waals surface area contributed by atoms with E-state index in [1.165, 1.54) is 26.0 Å². The number of halogens is 2. The van der Waals surface area contributed by atoms with Gasteiger partial charge < -0.3 is 16.3 Å². The van der Waals surface area contributed by atoms with Gasteiger partial charge in [0.1, 0.15) is 5.82 Å². The molecule has 1 rings (SSSR count). The van der Waals surface area contributed by atoms with Crippen molar-refractivity contribution in [1.29, 1.82) is 0 Å². The van der Waals surface area contributed by atoms with Gasteiger partial charge in [0.05, 0.1) is 11.1 Å². The zero-order valence-corrected chi connectivity index (χ0v) is 11.5. The van der Waals surface area contributed by atoms with Crippen LogP contribution in [0.4, 0.5) is 4.39 Å². The lowest BCUT2D eigenvalue weighted by atomic mass is 10.0. The van der Waals surface area contributed by atoms with Crippen LogP contribution in [0, 0.1) is 5.82 Å². The van der Waals surface area contributed by atoms with Gasteiger partial charge in [-0.2, -0.15) is 0 Å². The average Bonchev–Trinajstić information content (AvgIpc) is 2.26. The Bertz CT molecular complexity index is 483. The fraction of sp³-hybridized carbons (Fsp3) is 0.273. The summed E-state index contributed by atoms with van der Waals surface area (Å²) in [5.74, 6) is -1.49. The highest BCUT2D eigenvalue weighted by Gasteiger charge is 2.28. The Kier molecular flexibility index (Phi) is 4.28. The normalized spacial score (nSPS) is 12.3. The number of hydrogen-bond acceptors (Lipinski definition) is 3. The summed E-state index contributed by atoms with van der Waals surface area (Å²) in [6.45, 7) is 3.07. The van der Waals surface area contributed by atoms with Crippen LogP contribution < -0.4 is 11.1 Å². The Labute approximate surface area is 112 Å². The van der Waals surface area contributed by atoms with E-state index < -0.39 is 17.3 Å². The van der Waals surface area contributed by atoms with Gasteiger partial charge in [-0.05, 0) is 41.9 Å². The molecule has 0 fully saturated rings. The molecule has 0 bridgehead atoms. The summed E-state index contributed by atoms with van der Waals surface area (Å²) >= 11 is 3.10. The van der Waals surface area contributed by atoms with Crippen LogP contribution in [0.2, 0.25) is 0 Å². The Morgan fingerprint density at radius 2 is 2.17 bits per heavy atom. The summed E-state index contributed by atoms with van der Waals surface area (Å²) in [5, 5.41) is 13.9. The summed E-state index contributed by atoms with van der Waals surface area (Å²) in [5.41, 5.74) is 4.21. The highest BCUT2D eigenvalue weighted by atomic mass is 79.9. The van der Waals surface area contributed by atoms with Crippen LogP contribution in [0.5, 0.6) is 0 Å². The van der Waals surface area contributed by atoms with Crippen LogP contribution in [0.3, 0.4) is 0 Å². The Morgan fingerprint density at radius 3 is 2.67 bits per heavy atom. The number of oxime groups is 1. The Hall–Kier alpha value is -1.63. The van der Waals surface area contributed by atoms with Crippen LogP contribution >= 0.6 is 15.9 Å². The number of amides is 1. The van der Waals surface area contributed by atoms with E-state index in [0.29, 0.717) is 4.47 Å². The van der Waals surface area contributed by atoms with Crippen molar-refractivity contribution in [3.8, 4) is 0 Å². The first-order chi connectivity index (χ1) is 8.29. The second-order valence-electron chi connectivity index (χ2n) is 4.16.